The molecule has 0 fully saturated rings. The van der Waals surface area contributed by atoms with Gasteiger partial charge in [0.15, 0.2) is 5.96 Å². The van der Waals surface area contributed by atoms with E-state index in [2.05, 4.69) is 75.4 Å². The molecule has 0 aliphatic rings. The minimum atomic E-state index is 0.669. The largest absolute Gasteiger partial charge is 0.357 e. The van der Waals surface area contributed by atoms with E-state index in [0.717, 1.165) is 37.8 Å². The summed E-state index contributed by atoms with van der Waals surface area (Å²) < 4.78 is 2.07. The van der Waals surface area contributed by atoms with E-state index in [0.29, 0.717) is 6.54 Å². The summed E-state index contributed by atoms with van der Waals surface area (Å²) in [4.78, 5) is 4.63. The van der Waals surface area contributed by atoms with Crippen LogP contribution in [0.1, 0.15) is 30.8 Å². The molecule has 0 aliphatic heterocycles. The van der Waals surface area contributed by atoms with Gasteiger partial charge in [0, 0.05) is 26.1 Å². The summed E-state index contributed by atoms with van der Waals surface area (Å²) in [7, 11) is 0. The molecule has 6 nitrogen and oxygen atoms in total. The van der Waals surface area contributed by atoms with Crippen LogP contribution < -0.4 is 10.6 Å². The van der Waals surface area contributed by atoms with E-state index in [1.165, 1.54) is 11.1 Å². The van der Waals surface area contributed by atoms with Crippen LogP contribution in [-0.2, 0) is 19.5 Å². The SMILES string of the molecule is CCNC(=NCc1ccc(C)cc1)NCCn1cnnc1CC. The molecule has 2 rings (SSSR count). The smallest absolute Gasteiger partial charge is 0.191 e. The number of aromatic nitrogens is 3. The fourth-order valence-electron chi connectivity index (χ4n) is 2.24. The zero-order valence-corrected chi connectivity index (χ0v) is 14.2. The monoisotopic (exact) mass is 314 g/mol. The molecule has 0 saturated carbocycles. The van der Waals surface area contributed by atoms with Crippen molar-refractivity contribution in [2.45, 2.75) is 40.3 Å². The first-order valence-corrected chi connectivity index (χ1v) is 8.17. The first kappa shape index (κ1) is 17.0. The van der Waals surface area contributed by atoms with Crippen LogP contribution in [0.2, 0.25) is 0 Å². The second-order valence-electron chi connectivity index (χ2n) is 5.40. The van der Waals surface area contributed by atoms with E-state index in [9.17, 15) is 0 Å². The van der Waals surface area contributed by atoms with Crippen LogP contribution in [0.15, 0.2) is 35.6 Å². The van der Waals surface area contributed by atoms with Crippen molar-refractivity contribution in [3.8, 4) is 0 Å². The third-order valence-corrected chi connectivity index (χ3v) is 3.54. The van der Waals surface area contributed by atoms with Gasteiger partial charge in [-0.15, -0.1) is 10.2 Å². The molecule has 6 heteroatoms. The third-order valence-electron chi connectivity index (χ3n) is 3.54. The lowest BCUT2D eigenvalue weighted by Gasteiger charge is -2.12. The summed E-state index contributed by atoms with van der Waals surface area (Å²) in [5.74, 6) is 1.84. The van der Waals surface area contributed by atoms with Crippen molar-refractivity contribution in [1.29, 1.82) is 0 Å². The topological polar surface area (TPSA) is 67.1 Å². The van der Waals surface area contributed by atoms with Crippen LogP contribution in [0.3, 0.4) is 0 Å². The Kier molecular flexibility index (Phi) is 6.59. The van der Waals surface area contributed by atoms with Crippen LogP contribution in [0.5, 0.6) is 0 Å². The molecule has 0 saturated heterocycles. The number of hydrogen-bond acceptors (Lipinski definition) is 3. The molecule has 0 atom stereocenters. The number of nitrogens with zero attached hydrogens (tertiary/aromatic N) is 4. The van der Waals surface area contributed by atoms with Gasteiger partial charge in [0.1, 0.15) is 12.2 Å². The molecule has 0 amide bonds. The second-order valence-corrected chi connectivity index (χ2v) is 5.40. The third kappa shape index (κ3) is 5.39. The molecule has 1 aromatic heterocycles. The molecule has 2 aromatic rings. The van der Waals surface area contributed by atoms with Crippen LogP contribution in [0.4, 0.5) is 0 Å². The van der Waals surface area contributed by atoms with Gasteiger partial charge in [-0.1, -0.05) is 36.8 Å². The highest BCUT2D eigenvalue weighted by molar-refractivity contribution is 5.79. The van der Waals surface area contributed by atoms with E-state index in [1.54, 1.807) is 6.33 Å². The van der Waals surface area contributed by atoms with E-state index in [-0.39, 0.29) is 0 Å². The normalized spacial score (nSPS) is 11.5. The Morgan fingerprint density at radius 2 is 1.96 bits per heavy atom. The van der Waals surface area contributed by atoms with Crippen molar-refractivity contribution >= 4 is 5.96 Å². The molecule has 1 aromatic carbocycles. The first-order chi connectivity index (χ1) is 11.2. The molecule has 1 heterocycles. The summed E-state index contributed by atoms with van der Waals surface area (Å²) in [6.45, 7) is 9.36. The molecule has 23 heavy (non-hydrogen) atoms. The second kappa shape index (κ2) is 8.92. The van der Waals surface area contributed by atoms with Gasteiger partial charge in [0.05, 0.1) is 6.54 Å². The summed E-state index contributed by atoms with van der Waals surface area (Å²) in [6.07, 6.45) is 2.67. The van der Waals surface area contributed by atoms with Crippen molar-refractivity contribution in [3.05, 3.63) is 47.5 Å². The average Bonchev–Trinajstić information content (AvgIpc) is 3.01. The maximum atomic E-state index is 4.63. The fourth-order valence-corrected chi connectivity index (χ4v) is 2.24. The number of guanidine groups is 1. The molecule has 124 valence electrons. The molecular weight excluding hydrogens is 288 g/mol. The van der Waals surface area contributed by atoms with Gasteiger partial charge in [-0.2, -0.15) is 0 Å². The van der Waals surface area contributed by atoms with Gasteiger partial charge < -0.3 is 15.2 Å². The van der Waals surface area contributed by atoms with Crippen molar-refractivity contribution < 1.29 is 0 Å². The summed E-state index contributed by atoms with van der Waals surface area (Å²) in [5, 5.41) is 14.7. The summed E-state index contributed by atoms with van der Waals surface area (Å²) >= 11 is 0. The molecule has 0 spiro atoms. The van der Waals surface area contributed by atoms with Crippen molar-refractivity contribution in [2.75, 3.05) is 13.1 Å². The van der Waals surface area contributed by atoms with Crippen molar-refractivity contribution in [2.24, 2.45) is 4.99 Å². The Morgan fingerprint density at radius 1 is 1.17 bits per heavy atom. The number of nitrogens with one attached hydrogen (secondary N) is 2. The fraction of sp³-hybridized carbons (Fsp3) is 0.471. The Morgan fingerprint density at radius 3 is 2.65 bits per heavy atom. The first-order valence-electron chi connectivity index (χ1n) is 8.17. The van der Waals surface area contributed by atoms with Crippen molar-refractivity contribution in [3.63, 3.8) is 0 Å². The molecule has 2 N–H and O–H groups in total. The summed E-state index contributed by atoms with van der Waals surface area (Å²) in [6, 6.07) is 8.47. The Balaban J connectivity index is 1.87. The average molecular weight is 314 g/mol. The van der Waals surface area contributed by atoms with E-state index in [1.807, 2.05) is 0 Å². The van der Waals surface area contributed by atoms with Crippen molar-refractivity contribution in [1.82, 2.24) is 25.4 Å². The maximum absolute atomic E-state index is 4.63. The van der Waals surface area contributed by atoms with Gasteiger partial charge in [0.25, 0.3) is 0 Å². The Hall–Kier alpha value is -2.37. The minimum Gasteiger partial charge on any atom is -0.357 e. The number of aryl methyl sites for hydroxylation is 2. The zero-order chi connectivity index (χ0) is 16.5. The molecule has 0 radical (unpaired) electrons. The molecule has 0 aliphatic carbocycles. The van der Waals surface area contributed by atoms with Crippen LogP contribution in [0.25, 0.3) is 0 Å². The highest BCUT2D eigenvalue weighted by Gasteiger charge is 2.02. The predicted molar refractivity (Wildman–Crippen MR) is 93.4 cm³/mol. The molecular formula is C17H26N6. The predicted octanol–water partition coefficient (Wildman–Crippen LogP) is 1.90. The van der Waals surface area contributed by atoms with Crippen LogP contribution >= 0.6 is 0 Å². The number of benzene rings is 1. The minimum absolute atomic E-state index is 0.669. The van der Waals surface area contributed by atoms with Gasteiger partial charge in [0.2, 0.25) is 0 Å². The Bertz CT molecular complexity index is 614. The lowest BCUT2D eigenvalue weighted by atomic mass is 10.1. The number of rotatable bonds is 7. The lowest BCUT2D eigenvalue weighted by Crippen LogP contribution is -2.38. The maximum Gasteiger partial charge on any atom is 0.191 e. The zero-order valence-electron chi connectivity index (χ0n) is 14.2. The highest BCUT2D eigenvalue weighted by atomic mass is 15.3. The standard InChI is InChI=1S/C17H26N6/c1-4-16-22-21-13-23(16)11-10-19-17(18-5-2)20-12-15-8-6-14(3)7-9-15/h6-9,13H,4-5,10-12H2,1-3H3,(H2,18,19,20). The van der Waals surface area contributed by atoms with Gasteiger partial charge >= 0.3 is 0 Å². The van der Waals surface area contributed by atoms with Crippen LogP contribution in [0, 0.1) is 6.92 Å². The number of aliphatic imine (C=N–C) groups is 1. The lowest BCUT2D eigenvalue weighted by molar-refractivity contribution is 0.632. The summed E-state index contributed by atoms with van der Waals surface area (Å²) in [5.41, 5.74) is 2.48. The molecule has 0 bridgehead atoms. The highest BCUT2D eigenvalue weighted by Crippen LogP contribution is 2.04. The number of hydrogen-bond donors (Lipinski definition) is 2. The van der Waals surface area contributed by atoms with Gasteiger partial charge in [-0.05, 0) is 19.4 Å². The van der Waals surface area contributed by atoms with Crippen LogP contribution in [-0.4, -0.2) is 33.8 Å². The van der Waals surface area contributed by atoms with Gasteiger partial charge in [-0.3, -0.25) is 0 Å². The van der Waals surface area contributed by atoms with Gasteiger partial charge in [-0.25, -0.2) is 4.99 Å². The quantitative estimate of drug-likeness (QED) is 0.605. The van der Waals surface area contributed by atoms with E-state index >= 15 is 0 Å². The Labute approximate surface area is 138 Å². The molecule has 0 unspecified atom stereocenters. The van der Waals surface area contributed by atoms with E-state index in [4.69, 9.17) is 0 Å². The van der Waals surface area contributed by atoms with E-state index < -0.39 is 0 Å².